The van der Waals surface area contributed by atoms with Crippen LogP contribution >= 0.6 is 11.6 Å². The molecule has 2 aromatic rings. The topological polar surface area (TPSA) is 81.2 Å². The first-order chi connectivity index (χ1) is 9.40. The van der Waals surface area contributed by atoms with Gasteiger partial charge in [-0.1, -0.05) is 16.8 Å². The molecule has 0 spiro atoms. The fourth-order valence-corrected chi connectivity index (χ4v) is 2.38. The molecule has 0 radical (unpaired) electrons. The van der Waals surface area contributed by atoms with E-state index >= 15 is 0 Å². The Kier molecular flexibility index (Phi) is 3.99. The number of carbonyl (C=O) groups excluding carboxylic acids is 1. The molecule has 2 rings (SSSR count). The van der Waals surface area contributed by atoms with E-state index in [1.54, 1.807) is 18.2 Å². The number of aromatic nitrogens is 1. The van der Waals surface area contributed by atoms with Crippen molar-refractivity contribution in [3.8, 4) is 0 Å². The molecule has 1 unspecified atom stereocenters. The molecule has 0 saturated carbocycles. The van der Waals surface area contributed by atoms with Crippen LogP contribution in [0.5, 0.6) is 0 Å². The number of carbonyl (C=O) groups is 1. The average molecular weight is 294 g/mol. The molecule has 6 heteroatoms. The lowest BCUT2D eigenvalue weighted by Crippen LogP contribution is -2.27. The lowest BCUT2D eigenvalue weighted by Gasteiger charge is -2.14. The van der Waals surface area contributed by atoms with Crippen molar-refractivity contribution in [1.29, 1.82) is 0 Å². The number of nitrogens with one attached hydrogen (secondary N) is 1. The van der Waals surface area contributed by atoms with Crippen molar-refractivity contribution in [2.45, 2.75) is 26.8 Å². The number of amides is 1. The molecule has 20 heavy (non-hydrogen) atoms. The van der Waals surface area contributed by atoms with Gasteiger partial charge in [-0.2, -0.15) is 0 Å². The quantitative estimate of drug-likeness (QED) is 0.852. The molecular formula is C14H16ClN3O2. The van der Waals surface area contributed by atoms with Crippen molar-refractivity contribution >= 4 is 23.2 Å². The van der Waals surface area contributed by atoms with Crippen LogP contribution in [0.2, 0.25) is 5.02 Å². The maximum Gasteiger partial charge on any atom is 0.253 e. The van der Waals surface area contributed by atoms with Crippen molar-refractivity contribution in [3.63, 3.8) is 0 Å². The summed E-state index contributed by atoms with van der Waals surface area (Å²) in [4.78, 5) is 12.2. The SMILES string of the molecule is Cc1noc(C)c1C(C)NC(=O)c1ccc(Cl)cc1N. The predicted octanol–water partition coefficient (Wildman–Crippen LogP) is 3.02. The lowest BCUT2D eigenvalue weighted by atomic mass is 10.1. The number of benzene rings is 1. The molecule has 1 aromatic heterocycles. The number of nitrogens with two attached hydrogens (primary N) is 1. The standard InChI is InChI=1S/C14H16ClN3O2/c1-7(13-8(2)18-20-9(13)3)17-14(19)11-5-4-10(15)6-12(11)16/h4-7H,16H2,1-3H3,(H,17,19). The van der Waals surface area contributed by atoms with Gasteiger partial charge in [0.1, 0.15) is 5.76 Å². The van der Waals surface area contributed by atoms with Gasteiger partial charge in [-0.05, 0) is 39.0 Å². The summed E-state index contributed by atoms with van der Waals surface area (Å²) in [6.45, 7) is 5.52. The minimum Gasteiger partial charge on any atom is -0.398 e. The summed E-state index contributed by atoms with van der Waals surface area (Å²) in [5.41, 5.74) is 8.19. The van der Waals surface area contributed by atoms with Gasteiger partial charge < -0.3 is 15.6 Å². The zero-order valence-corrected chi connectivity index (χ0v) is 12.3. The Morgan fingerprint density at radius 1 is 1.45 bits per heavy atom. The van der Waals surface area contributed by atoms with Crippen LogP contribution in [0.1, 0.15) is 40.3 Å². The Morgan fingerprint density at radius 3 is 2.70 bits per heavy atom. The number of rotatable bonds is 3. The van der Waals surface area contributed by atoms with Gasteiger partial charge in [-0.3, -0.25) is 4.79 Å². The van der Waals surface area contributed by atoms with E-state index in [-0.39, 0.29) is 11.9 Å². The fourth-order valence-electron chi connectivity index (χ4n) is 2.20. The molecule has 0 saturated heterocycles. The van der Waals surface area contributed by atoms with E-state index < -0.39 is 0 Å². The largest absolute Gasteiger partial charge is 0.398 e. The van der Waals surface area contributed by atoms with Gasteiger partial charge in [0, 0.05) is 16.3 Å². The maximum absolute atomic E-state index is 12.2. The second kappa shape index (κ2) is 5.54. The van der Waals surface area contributed by atoms with Crippen LogP contribution in [0, 0.1) is 13.8 Å². The Labute approximate surface area is 122 Å². The van der Waals surface area contributed by atoms with Gasteiger partial charge >= 0.3 is 0 Å². The number of anilines is 1. The normalized spacial score (nSPS) is 12.2. The summed E-state index contributed by atoms with van der Waals surface area (Å²) in [5.74, 6) is 0.436. The minimum absolute atomic E-state index is 0.219. The minimum atomic E-state index is -0.258. The highest BCUT2D eigenvalue weighted by atomic mass is 35.5. The smallest absolute Gasteiger partial charge is 0.253 e. The van der Waals surface area contributed by atoms with Gasteiger partial charge in [0.15, 0.2) is 0 Å². The van der Waals surface area contributed by atoms with Crippen molar-refractivity contribution in [3.05, 3.63) is 45.8 Å². The number of nitrogen functional groups attached to an aromatic ring is 1. The van der Waals surface area contributed by atoms with Crippen LogP contribution in [-0.2, 0) is 0 Å². The average Bonchev–Trinajstić information content (AvgIpc) is 2.68. The monoisotopic (exact) mass is 293 g/mol. The highest BCUT2D eigenvalue weighted by molar-refractivity contribution is 6.31. The Hall–Kier alpha value is -2.01. The van der Waals surface area contributed by atoms with Gasteiger partial charge in [0.05, 0.1) is 17.3 Å². The first kappa shape index (κ1) is 14.4. The van der Waals surface area contributed by atoms with Gasteiger partial charge in [-0.15, -0.1) is 0 Å². The highest BCUT2D eigenvalue weighted by Gasteiger charge is 2.19. The summed E-state index contributed by atoms with van der Waals surface area (Å²) in [5, 5.41) is 7.25. The van der Waals surface area contributed by atoms with Crippen molar-refractivity contribution in [2.24, 2.45) is 0 Å². The zero-order valence-electron chi connectivity index (χ0n) is 11.5. The van der Waals surface area contributed by atoms with Crippen LogP contribution in [0.15, 0.2) is 22.7 Å². The Balaban J connectivity index is 2.19. The molecular weight excluding hydrogens is 278 g/mol. The van der Waals surface area contributed by atoms with E-state index in [9.17, 15) is 4.79 Å². The van der Waals surface area contributed by atoms with Crippen molar-refractivity contribution < 1.29 is 9.32 Å². The third kappa shape index (κ3) is 2.77. The molecule has 0 aliphatic carbocycles. The summed E-state index contributed by atoms with van der Waals surface area (Å²) < 4.78 is 5.10. The molecule has 1 atom stereocenters. The lowest BCUT2D eigenvalue weighted by molar-refractivity contribution is 0.0940. The van der Waals surface area contributed by atoms with Crippen molar-refractivity contribution in [1.82, 2.24) is 10.5 Å². The van der Waals surface area contributed by atoms with Crippen LogP contribution < -0.4 is 11.1 Å². The number of hydrogen-bond acceptors (Lipinski definition) is 4. The zero-order chi connectivity index (χ0) is 14.9. The van der Waals surface area contributed by atoms with Gasteiger partial charge in [0.2, 0.25) is 0 Å². The van der Waals surface area contributed by atoms with Gasteiger partial charge in [0.25, 0.3) is 5.91 Å². The van der Waals surface area contributed by atoms with Gasteiger partial charge in [-0.25, -0.2) is 0 Å². The third-order valence-electron chi connectivity index (χ3n) is 3.13. The molecule has 3 N–H and O–H groups in total. The molecule has 106 valence electrons. The number of hydrogen-bond donors (Lipinski definition) is 2. The molecule has 5 nitrogen and oxygen atoms in total. The molecule has 0 aliphatic rings. The summed E-state index contributed by atoms with van der Waals surface area (Å²) in [6.07, 6.45) is 0. The summed E-state index contributed by atoms with van der Waals surface area (Å²) in [6, 6.07) is 4.57. The maximum atomic E-state index is 12.2. The van der Waals surface area contributed by atoms with E-state index in [4.69, 9.17) is 21.9 Å². The molecule has 0 bridgehead atoms. The predicted molar refractivity (Wildman–Crippen MR) is 77.7 cm³/mol. The second-order valence-corrected chi connectivity index (χ2v) is 5.10. The molecule has 0 fully saturated rings. The number of halogens is 1. The van der Waals surface area contributed by atoms with Crippen LogP contribution in [0.3, 0.4) is 0 Å². The van der Waals surface area contributed by atoms with Crippen LogP contribution in [0.25, 0.3) is 0 Å². The Bertz CT molecular complexity index is 632. The first-order valence-corrected chi connectivity index (χ1v) is 6.56. The van der Waals surface area contributed by atoms with E-state index in [0.29, 0.717) is 22.0 Å². The second-order valence-electron chi connectivity index (χ2n) is 4.66. The number of nitrogens with zero attached hydrogens (tertiary/aromatic N) is 1. The number of aryl methyl sites for hydroxylation is 2. The molecule has 0 aliphatic heterocycles. The fraction of sp³-hybridized carbons (Fsp3) is 0.286. The molecule has 1 amide bonds. The van der Waals surface area contributed by atoms with E-state index in [2.05, 4.69) is 10.5 Å². The molecule has 1 aromatic carbocycles. The van der Waals surface area contributed by atoms with E-state index in [1.165, 1.54) is 0 Å². The molecule has 1 heterocycles. The highest BCUT2D eigenvalue weighted by Crippen LogP contribution is 2.23. The van der Waals surface area contributed by atoms with E-state index in [0.717, 1.165) is 11.3 Å². The van der Waals surface area contributed by atoms with E-state index in [1.807, 2.05) is 20.8 Å². The van der Waals surface area contributed by atoms with Crippen LogP contribution in [-0.4, -0.2) is 11.1 Å². The summed E-state index contributed by atoms with van der Waals surface area (Å²) in [7, 11) is 0. The third-order valence-corrected chi connectivity index (χ3v) is 3.36. The first-order valence-electron chi connectivity index (χ1n) is 6.18. The van der Waals surface area contributed by atoms with Crippen molar-refractivity contribution in [2.75, 3.05) is 5.73 Å². The summed E-state index contributed by atoms with van der Waals surface area (Å²) >= 11 is 5.82. The Morgan fingerprint density at radius 2 is 2.15 bits per heavy atom. The van der Waals surface area contributed by atoms with Crippen LogP contribution in [0.4, 0.5) is 5.69 Å².